The summed E-state index contributed by atoms with van der Waals surface area (Å²) in [5, 5.41) is 2.39. The molecule has 0 aliphatic carbocycles. The Morgan fingerprint density at radius 1 is 1.12 bits per heavy atom. The van der Waals surface area contributed by atoms with Crippen LogP contribution in [-0.2, 0) is 21.2 Å². The van der Waals surface area contributed by atoms with Gasteiger partial charge in [-0.05, 0) is 36.1 Å². The zero-order valence-corrected chi connectivity index (χ0v) is 16.0. The summed E-state index contributed by atoms with van der Waals surface area (Å²) >= 11 is 7.54. The van der Waals surface area contributed by atoms with Crippen LogP contribution in [0.4, 0.5) is 0 Å². The SMILES string of the molecule is O=C(CCc1cccs1)N1CCN(S(=O)(=O)c2cccc(Cl)c2)CC1. The minimum absolute atomic E-state index is 0.0770. The average molecular weight is 399 g/mol. The number of halogens is 1. The third-order valence-corrected chi connectivity index (χ3v) is 7.26. The lowest BCUT2D eigenvalue weighted by Crippen LogP contribution is -2.50. The van der Waals surface area contributed by atoms with Gasteiger partial charge in [-0.15, -0.1) is 11.3 Å². The Labute approximate surface area is 156 Å². The number of piperazine rings is 1. The second kappa shape index (κ2) is 7.86. The lowest BCUT2D eigenvalue weighted by atomic mass is 10.2. The highest BCUT2D eigenvalue weighted by Crippen LogP contribution is 2.21. The molecule has 0 radical (unpaired) electrons. The number of sulfonamides is 1. The molecule has 0 atom stereocenters. The van der Waals surface area contributed by atoms with E-state index in [1.165, 1.54) is 15.2 Å². The molecule has 0 N–H and O–H groups in total. The first-order chi connectivity index (χ1) is 12.0. The highest BCUT2D eigenvalue weighted by atomic mass is 35.5. The fourth-order valence-electron chi connectivity index (χ4n) is 2.80. The number of hydrogen-bond acceptors (Lipinski definition) is 4. The number of benzene rings is 1. The van der Waals surface area contributed by atoms with Crippen LogP contribution in [0, 0.1) is 0 Å². The molecule has 1 aliphatic heterocycles. The second-order valence-electron chi connectivity index (χ2n) is 5.82. The smallest absolute Gasteiger partial charge is 0.243 e. The maximum atomic E-state index is 12.7. The van der Waals surface area contributed by atoms with Gasteiger partial charge in [0.25, 0.3) is 0 Å². The standard InChI is InChI=1S/C17H19ClN2O3S2/c18-14-3-1-5-16(13-14)25(22,23)20-10-8-19(9-11-20)17(21)7-6-15-4-2-12-24-15/h1-5,12-13H,6-11H2. The van der Waals surface area contributed by atoms with E-state index in [9.17, 15) is 13.2 Å². The van der Waals surface area contributed by atoms with Crippen LogP contribution in [0.15, 0.2) is 46.7 Å². The number of thiophene rings is 1. The van der Waals surface area contributed by atoms with Crippen LogP contribution < -0.4 is 0 Å². The zero-order chi connectivity index (χ0) is 17.9. The van der Waals surface area contributed by atoms with Gasteiger partial charge in [-0.25, -0.2) is 8.42 Å². The molecule has 1 amide bonds. The summed E-state index contributed by atoms with van der Waals surface area (Å²) in [6, 6.07) is 10.3. The maximum Gasteiger partial charge on any atom is 0.243 e. The predicted molar refractivity (Wildman–Crippen MR) is 99.4 cm³/mol. The summed E-state index contributed by atoms with van der Waals surface area (Å²) < 4.78 is 26.7. The zero-order valence-electron chi connectivity index (χ0n) is 13.6. The van der Waals surface area contributed by atoms with Crippen molar-refractivity contribution in [2.75, 3.05) is 26.2 Å². The van der Waals surface area contributed by atoms with Crippen molar-refractivity contribution in [3.05, 3.63) is 51.7 Å². The first-order valence-corrected chi connectivity index (χ1v) is 10.7. The highest BCUT2D eigenvalue weighted by Gasteiger charge is 2.30. The van der Waals surface area contributed by atoms with E-state index >= 15 is 0 Å². The molecule has 25 heavy (non-hydrogen) atoms. The molecule has 1 fully saturated rings. The largest absolute Gasteiger partial charge is 0.340 e. The number of carbonyl (C=O) groups is 1. The van der Waals surface area contributed by atoms with Crippen molar-refractivity contribution in [1.29, 1.82) is 0 Å². The molecule has 0 saturated carbocycles. The normalized spacial score (nSPS) is 16.1. The summed E-state index contributed by atoms with van der Waals surface area (Å²) in [6.45, 7) is 1.45. The van der Waals surface area contributed by atoms with Crippen molar-refractivity contribution < 1.29 is 13.2 Å². The number of hydrogen-bond donors (Lipinski definition) is 0. The fourth-order valence-corrected chi connectivity index (χ4v) is 5.23. The molecule has 0 unspecified atom stereocenters. The molecule has 1 aliphatic rings. The monoisotopic (exact) mass is 398 g/mol. The molecular weight excluding hydrogens is 380 g/mol. The summed E-state index contributed by atoms with van der Waals surface area (Å²) in [7, 11) is -3.57. The van der Waals surface area contributed by atoms with E-state index < -0.39 is 10.0 Å². The number of aryl methyl sites for hydroxylation is 1. The molecule has 3 rings (SSSR count). The first-order valence-electron chi connectivity index (χ1n) is 8.03. The van der Waals surface area contributed by atoms with Crippen LogP contribution >= 0.6 is 22.9 Å². The molecule has 5 nitrogen and oxygen atoms in total. The van der Waals surface area contributed by atoms with Gasteiger partial charge in [0.05, 0.1) is 4.90 Å². The summed E-state index contributed by atoms with van der Waals surface area (Å²) in [5.74, 6) is 0.0770. The Hall–Kier alpha value is -1.41. The Bertz CT molecular complexity index is 829. The van der Waals surface area contributed by atoms with Gasteiger partial charge >= 0.3 is 0 Å². The fraction of sp³-hybridized carbons (Fsp3) is 0.353. The number of nitrogens with zero attached hydrogens (tertiary/aromatic N) is 2. The minimum atomic E-state index is -3.57. The van der Waals surface area contributed by atoms with Crippen LogP contribution in [0.5, 0.6) is 0 Å². The third kappa shape index (κ3) is 4.41. The molecule has 2 heterocycles. The van der Waals surface area contributed by atoms with Crippen molar-refractivity contribution in [2.45, 2.75) is 17.7 Å². The van der Waals surface area contributed by atoms with Crippen LogP contribution in [0.25, 0.3) is 0 Å². The van der Waals surface area contributed by atoms with Crippen LogP contribution in [0.1, 0.15) is 11.3 Å². The van der Waals surface area contributed by atoms with Crippen molar-refractivity contribution in [2.24, 2.45) is 0 Å². The van der Waals surface area contributed by atoms with E-state index in [2.05, 4.69) is 0 Å². The molecule has 8 heteroatoms. The molecule has 0 bridgehead atoms. The molecule has 1 aromatic heterocycles. The van der Waals surface area contributed by atoms with Gasteiger partial charge < -0.3 is 4.90 Å². The van der Waals surface area contributed by atoms with E-state index in [0.717, 1.165) is 6.42 Å². The van der Waals surface area contributed by atoms with E-state index in [0.29, 0.717) is 37.6 Å². The topological polar surface area (TPSA) is 57.7 Å². The highest BCUT2D eigenvalue weighted by molar-refractivity contribution is 7.89. The van der Waals surface area contributed by atoms with Gasteiger partial charge in [0, 0.05) is 42.5 Å². The number of carbonyl (C=O) groups excluding carboxylic acids is 1. The third-order valence-electron chi connectivity index (χ3n) is 4.19. The molecule has 1 saturated heterocycles. The van der Waals surface area contributed by atoms with Crippen molar-refractivity contribution in [3.63, 3.8) is 0 Å². The lowest BCUT2D eigenvalue weighted by molar-refractivity contribution is -0.132. The first kappa shape index (κ1) is 18.4. The quantitative estimate of drug-likeness (QED) is 0.778. The molecule has 2 aromatic rings. The van der Waals surface area contributed by atoms with E-state index in [1.807, 2.05) is 17.5 Å². The van der Waals surface area contributed by atoms with Gasteiger partial charge in [-0.3, -0.25) is 4.79 Å². The van der Waals surface area contributed by atoms with Crippen LogP contribution in [0.2, 0.25) is 5.02 Å². The number of rotatable bonds is 5. The summed E-state index contributed by atoms with van der Waals surface area (Å²) in [6.07, 6.45) is 1.19. The Morgan fingerprint density at radius 3 is 2.52 bits per heavy atom. The van der Waals surface area contributed by atoms with Gasteiger partial charge in [0.15, 0.2) is 0 Å². The van der Waals surface area contributed by atoms with Crippen LogP contribution in [0.3, 0.4) is 0 Å². The predicted octanol–water partition coefficient (Wildman–Crippen LogP) is 2.87. The van der Waals surface area contributed by atoms with Gasteiger partial charge in [-0.2, -0.15) is 4.31 Å². The summed E-state index contributed by atoms with van der Waals surface area (Å²) in [5.41, 5.74) is 0. The Kier molecular flexibility index (Phi) is 5.78. The number of amides is 1. The van der Waals surface area contributed by atoms with Gasteiger partial charge in [0.2, 0.25) is 15.9 Å². The van der Waals surface area contributed by atoms with E-state index in [1.54, 1.807) is 34.4 Å². The summed E-state index contributed by atoms with van der Waals surface area (Å²) in [4.78, 5) is 15.4. The molecule has 1 aromatic carbocycles. The van der Waals surface area contributed by atoms with Crippen molar-refractivity contribution in [1.82, 2.24) is 9.21 Å². The van der Waals surface area contributed by atoms with E-state index in [4.69, 9.17) is 11.6 Å². The van der Waals surface area contributed by atoms with Gasteiger partial charge in [-0.1, -0.05) is 23.7 Å². The van der Waals surface area contributed by atoms with Crippen molar-refractivity contribution >= 4 is 38.9 Å². The Morgan fingerprint density at radius 2 is 1.88 bits per heavy atom. The maximum absolute atomic E-state index is 12.7. The van der Waals surface area contributed by atoms with Crippen molar-refractivity contribution in [3.8, 4) is 0 Å². The average Bonchev–Trinajstić information content (AvgIpc) is 3.13. The molecule has 134 valence electrons. The molecular formula is C17H19ClN2O3S2. The lowest BCUT2D eigenvalue weighted by Gasteiger charge is -2.34. The van der Waals surface area contributed by atoms with Crippen LogP contribution in [-0.4, -0.2) is 49.7 Å². The second-order valence-corrected chi connectivity index (χ2v) is 9.23. The molecule has 0 spiro atoms. The minimum Gasteiger partial charge on any atom is -0.340 e. The van der Waals surface area contributed by atoms with E-state index in [-0.39, 0.29) is 10.8 Å². The Balaban J connectivity index is 1.57. The van der Waals surface area contributed by atoms with Gasteiger partial charge in [0.1, 0.15) is 0 Å².